The summed E-state index contributed by atoms with van der Waals surface area (Å²) < 4.78 is 5.28. The Morgan fingerprint density at radius 3 is 2.86 bits per heavy atom. The summed E-state index contributed by atoms with van der Waals surface area (Å²) in [6.07, 6.45) is 6.91. The summed E-state index contributed by atoms with van der Waals surface area (Å²) in [7, 11) is 0. The van der Waals surface area contributed by atoms with E-state index < -0.39 is 0 Å². The fourth-order valence-corrected chi connectivity index (χ4v) is 2.51. The number of hydroxylamine groups is 1. The highest BCUT2D eigenvalue weighted by atomic mass is 16.7. The first kappa shape index (κ1) is 21.6. The fraction of sp³-hybridized carbons (Fsp3) is 0.556. The van der Waals surface area contributed by atoms with Gasteiger partial charge in [-0.2, -0.15) is 5.26 Å². The van der Waals surface area contributed by atoms with Gasteiger partial charge in [0, 0.05) is 50.7 Å². The molecule has 1 aromatic rings. The maximum atomic E-state index is 11.8. The molecular formula is C18H27N7O3. The lowest BCUT2D eigenvalue weighted by molar-refractivity contribution is -0.134. The molecule has 1 aromatic heterocycles. The van der Waals surface area contributed by atoms with Gasteiger partial charge in [-0.05, 0) is 25.0 Å². The van der Waals surface area contributed by atoms with Gasteiger partial charge in [-0.1, -0.05) is 0 Å². The number of nitrogens with zero attached hydrogens (tertiary/aromatic N) is 4. The summed E-state index contributed by atoms with van der Waals surface area (Å²) in [5.41, 5.74) is 3.25. The van der Waals surface area contributed by atoms with Crippen molar-refractivity contribution in [3.05, 3.63) is 24.5 Å². The number of ether oxygens (including phenoxy) is 1. The summed E-state index contributed by atoms with van der Waals surface area (Å²) in [6.45, 7) is 5.02. The van der Waals surface area contributed by atoms with E-state index in [0.29, 0.717) is 32.0 Å². The molecule has 1 saturated heterocycles. The van der Waals surface area contributed by atoms with Crippen LogP contribution in [0.25, 0.3) is 0 Å². The third-order valence-corrected chi connectivity index (χ3v) is 4.00. The minimum atomic E-state index is -0.142. The summed E-state index contributed by atoms with van der Waals surface area (Å²) in [6, 6.07) is 3.55. The number of amides is 1. The van der Waals surface area contributed by atoms with Crippen LogP contribution in [0, 0.1) is 11.5 Å². The number of nitriles is 1. The first-order valence-electron chi connectivity index (χ1n) is 9.35. The molecule has 0 aliphatic carbocycles. The van der Waals surface area contributed by atoms with E-state index in [-0.39, 0.29) is 5.91 Å². The zero-order valence-corrected chi connectivity index (χ0v) is 15.9. The second-order valence-corrected chi connectivity index (χ2v) is 6.11. The summed E-state index contributed by atoms with van der Waals surface area (Å²) in [4.78, 5) is 27.5. The molecule has 28 heavy (non-hydrogen) atoms. The smallest absolute Gasteiger partial charge is 0.243 e. The molecular weight excluding hydrogens is 362 g/mol. The number of hydrogen-bond donors (Lipinski definition) is 3. The zero-order chi connectivity index (χ0) is 19.9. The van der Waals surface area contributed by atoms with E-state index in [1.807, 2.05) is 6.19 Å². The van der Waals surface area contributed by atoms with Crippen molar-refractivity contribution in [3.8, 4) is 6.19 Å². The molecule has 1 fully saturated rings. The monoisotopic (exact) mass is 389 g/mol. The highest BCUT2D eigenvalue weighted by Gasteiger charge is 2.09. The molecule has 0 spiro atoms. The van der Waals surface area contributed by atoms with Crippen LogP contribution in [0.15, 0.2) is 29.5 Å². The van der Waals surface area contributed by atoms with E-state index in [1.54, 1.807) is 24.5 Å². The van der Waals surface area contributed by atoms with Gasteiger partial charge in [-0.3, -0.25) is 29.8 Å². The average Bonchev–Trinajstić information content (AvgIpc) is 2.72. The fourth-order valence-electron chi connectivity index (χ4n) is 2.51. The van der Waals surface area contributed by atoms with Crippen molar-refractivity contribution in [1.82, 2.24) is 20.7 Å². The van der Waals surface area contributed by atoms with Crippen molar-refractivity contribution in [2.75, 3.05) is 51.3 Å². The Balaban J connectivity index is 1.54. The molecule has 10 heteroatoms. The number of carbonyl (C=O) groups is 1. The lowest BCUT2D eigenvalue weighted by Gasteiger charge is -2.26. The predicted octanol–water partition coefficient (Wildman–Crippen LogP) is 0.470. The van der Waals surface area contributed by atoms with Gasteiger partial charge in [0.2, 0.25) is 11.9 Å². The van der Waals surface area contributed by atoms with Crippen LogP contribution in [0.5, 0.6) is 0 Å². The Bertz CT molecular complexity index is 642. The number of unbranched alkanes of at least 4 members (excludes halogenated alkanes) is 1. The number of aliphatic imine (C=N–C) groups is 1. The summed E-state index contributed by atoms with van der Waals surface area (Å²) in [5, 5.41) is 14.3. The van der Waals surface area contributed by atoms with Crippen LogP contribution in [0.3, 0.4) is 0 Å². The minimum Gasteiger partial charge on any atom is -0.379 e. The lowest BCUT2D eigenvalue weighted by Crippen LogP contribution is -2.39. The van der Waals surface area contributed by atoms with Gasteiger partial charge >= 0.3 is 0 Å². The Morgan fingerprint density at radius 1 is 1.32 bits per heavy atom. The number of carbonyl (C=O) groups excluding carboxylic acids is 1. The normalized spacial score (nSPS) is 14.9. The third-order valence-electron chi connectivity index (χ3n) is 4.00. The molecule has 3 N–H and O–H groups in total. The molecule has 0 unspecified atom stereocenters. The van der Waals surface area contributed by atoms with Gasteiger partial charge in [0.25, 0.3) is 0 Å². The van der Waals surface area contributed by atoms with Crippen molar-refractivity contribution in [1.29, 1.82) is 5.26 Å². The SMILES string of the molecule is N#CNC(=NCCCCC(=O)NOCCN1CCOCC1)Nc1ccncc1. The van der Waals surface area contributed by atoms with Crippen molar-refractivity contribution in [2.24, 2.45) is 4.99 Å². The second-order valence-electron chi connectivity index (χ2n) is 6.11. The highest BCUT2D eigenvalue weighted by Crippen LogP contribution is 2.03. The van der Waals surface area contributed by atoms with Crippen molar-refractivity contribution in [2.45, 2.75) is 19.3 Å². The van der Waals surface area contributed by atoms with Gasteiger partial charge in [0.05, 0.1) is 19.8 Å². The number of hydrogen-bond acceptors (Lipinski definition) is 7. The van der Waals surface area contributed by atoms with Gasteiger partial charge < -0.3 is 10.1 Å². The molecule has 0 radical (unpaired) electrons. The number of nitrogens with one attached hydrogen (secondary N) is 3. The number of guanidine groups is 1. The van der Waals surface area contributed by atoms with Crippen LogP contribution >= 0.6 is 0 Å². The van der Waals surface area contributed by atoms with E-state index in [0.717, 1.165) is 45.0 Å². The van der Waals surface area contributed by atoms with Crippen molar-refractivity contribution < 1.29 is 14.4 Å². The average molecular weight is 389 g/mol. The Labute approximate surface area is 164 Å². The molecule has 0 aromatic carbocycles. The van der Waals surface area contributed by atoms with Gasteiger partial charge in [0.1, 0.15) is 0 Å². The maximum Gasteiger partial charge on any atom is 0.243 e. The molecule has 152 valence electrons. The molecule has 2 rings (SSSR count). The quantitative estimate of drug-likeness (QED) is 0.132. The van der Waals surface area contributed by atoms with Gasteiger partial charge in [-0.15, -0.1) is 0 Å². The van der Waals surface area contributed by atoms with E-state index in [4.69, 9.17) is 14.8 Å². The van der Waals surface area contributed by atoms with Crippen molar-refractivity contribution in [3.63, 3.8) is 0 Å². The van der Waals surface area contributed by atoms with Crippen LogP contribution in [0.4, 0.5) is 5.69 Å². The number of rotatable bonds is 10. The second kappa shape index (κ2) is 13.4. The number of morpholine rings is 1. The molecule has 0 atom stereocenters. The first-order chi connectivity index (χ1) is 13.8. The van der Waals surface area contributed by atoms with Crippen LogP contribution in [-0.2, 0) is 14.4 Å². The Kier molecular flexibility index (Phi) is 10.3. The standard InChI is InChI=1S/C18H27N7O3/c19-15-22-18(23-16-4-7-20-8-5-16)21-6-2-1-3-17(26)24-28-14-11-25-9-12-27-13-10-25/h4-5,7-8H,1-3,6,9-14H2,(H,24,26)(H2,20,21,22,23). The van der Waals surface area contributed by atoms with E-state index in [2.05, 4.69) is 31.0 Å². The molecule has 10 nitrogen and oxygen atoms in total. The first-order valence-corrected chi connectivity index (χ1v) is 9.35. The topological polar surface area (TPSA) is 124 Å². The third kappa shape index (κ3) is 9.27. The van der Waals surface area contributed by atoms with Gasteiger partial charge in [-0.25, -0.2) is 5.48 Å². The Morgan fingerprint density at radius 2 is 2.11 bits per heavy atom. The van der Waals surface area contributed by atoms with Crippen LogP contribution in [0.1, 0.15) is 19.3 Å². The van der Waals surface area contributed by atoms with Gasteiger partial charge in [0.15, 0.2) is 6.19 Å². The molecule has 0 saturated carbocycles. The largest absolute Gasteiger partial charge is 0.379 e. The maximum absolute atomic E-state index is 11.8. The number of aromatic nitrogens is 1. The molecule has 0 bridgehead atoms. The van der Waals surface area contributed by atoms with E-state index in [1.165, 1.54) is 0 Å². The van der Waals surface area contributed by atoms with Crippen LogP contribution in [-0.4, -0.2) is 67.8 Å². The summed E-state index contributed by atoms with van der Waals surface area (Å²) >= 11 is 0. The predicted molar refractivity (Wildman–Crippen MR) is 104 cm³/mol. The van der Waals surface area contributed by atoms with Crippen LogP contribution in [0.2, 0.25) is 0 Å². The zero-order valence-electron chi connectivity index (χ0n) is 15.9. The summed E-state index contributed by atoms with van der Waals surface area (Å²) in [5.74, 6) is 0.223. The van der Waals surface area contributed by atoms with Crippen molar-refractivity contribution >= 4 is 17.6 Å². The molecule has 1 aliphatic rings. The molecule has 1 amide bonds. The number of pyridine rings is 1. The van der Waals surface area contributed by atoms with E-state index >= 15 is 0 Å². The molecule has 2 heterocycles. The minimum absolute atomic E-state index is 0.142. The number of anilines is 1. The molecule has 1 aliphatic heterocycles. The van der Waals surface area contributed by atoms with Crippen LogP contribution < -0.4 is 16.1 Å². The highest BCUT2D eigenvalue weighted by molar-refractivity contribution is 5.94. The Hall–Kier alpha value is -2.74. The lowest BCUT2D eigenvalue weighted by atomic mass is 10.2. The van der Waals surface area contributed by atoms with E-state index in [9.17, 15) is 4.79 Å².